The summed E-state index contributed by atoms with van der Waals surface area (Å²) in [7, 11) is 0. The van der Waals surface area contributed by atoms with Crippen molar-refractivity contribution < 1.29 is 19.0 Å². The Kier molecular flexibility index (Phi) is 5.98. The zero-order valence-electron chi connectivity index (χ0n) is 13.7. The van der Waals surface area contributed by atoms with E-state index in [2.05, 4.69) is 24.3 Å². The topological polar surface area (TPSA) is 44.8 Å². The number of aryl methyl sites for hydroxylation is 1. The molecule has 2 rings (SSSR count). The number of carbonyl (C=O) groups is 1. The first-order valence-electron chi connectivity index (χ1n) is 7.97. The number of rotatable bonds is 6. The molecule has 0 saturated carbocycles. The highest BCUT2D eigenvalue weighted by atomic mass is 16.7. The smallest absolute Gasteiger partial charge is 0.302 e. The van der Waals surface area contributed by atoms with Gasteiger partial charge < -0.3 is 14.2 Å². The second-order valence-corrected chi connectivity index (χ2v) is 6.27. The summed E-state index contributed by atoms with van der Waals surface area (Å²) in [6.45, 7) is 5.72. The van der Waals surface area contributed by atoms with Crippen LogP contribution in [0.25, 0.3) is 0 Å². The van der Waals surface area contributed by atoms with Gasteiger partial charge in [-0.3, -0.25) is 4.79 Å². The van der Waals surface area contributed by atoms with Gasteiger partial charge in [0, 0.05) is 19.8 Å². The summed E-state index contributed by atoms with van der Waals surface area (Å²) in [6.07, 6.45) is 3.78. The van der Waals surface area contributed by atoms with Crippen LogP contribution in [0, 0.1) is 0 Å². The Morgan fingerprint density at radius 1 is 1.18 bits per heavy atom. The summed E-state index contributed by atoms with van der Waals surface area (Å²) >= 11 is 0. The molecule has 2 atom stereocenters. The Labute approximate surface area is 132 Å². The van der Waals surface area contributed by atoms with Gasteiger partial charge in [0.25, 0.3) is 0 Å². The molecule has 1 aromatic rings. The number of hydrogen-bond donors (Lipinski definition) is 0. The molecule has 0 amide bonds. The predicted octanol–water partition coefficient (Wildman–Crippen LogP) is 3.48. The standard InChI is InChI=1S/C18H26O4/c1-14(19)20-12-11-17-13-16(21-18(2,3)22-17)10-9-15-7-5-4-6-8-15/h4-8,16-17H,9-13H2,1-3H3/t16-,17+/m1/s1. The van der Waals surface area contributed by atoms with E-state index < -0.39 is 5.79 Å². The third-order valence-corrected chi connectivity index (χ3v) is 3.77. The van der Waals surface area contributed by atoms with E-state index in [-0.39, 0.29) is 18.2 Å². The molecule has 0 radical (unpaired) electrons. The first kappa shape index (κ1) is 17.0. The average Bonchev–Trinajstić information content (AvgIpc) is 2.44. The zero-order valence-corrected chi connectivity index (χ0v) is 13.7. The van der Waals surface area contributed by atoms with E-state index >= 15 is 0 Å². The molecule has 4 nitrogen and oxygen atoms in total. The lowest BCUT2D eigenvalue weighted by Crippen LogP contribution is -2.45. The molecule has 1 aliphatic rings. The first-order chi connectivity index (χ1) is 10.4. The largest absolute Gasteiger partial charge is 0.466 e. The fourth-order valence-electron chi connectivity index (χ4n) is 2.88. The monoisotopic (exact) mass is 306 g/mol. The Morgan fingerprint density at radius 3 is 2.45 bits per heavy atom. The summed E-state index contributed by atoms with van der Waals surface area (Å²) in [5.41, 5.74) is 1.33. The fourth-order valence-corrected chi connectivity index (χ4v) is 2.88. The van der Waals surface area contributed by atoms with Gasteiger partial charge in [-0.1, -0.05) is 30.3 Å². The van der Waals surface area contributed by atoms with Crippen LogP contribution >= 0.6 is 0 Å². The summed E-state index contributed by atoms with van der Waals surface area (Å²) in [4.78, 5) is 10.8. The number of benzene rings is 1. The van der Waals surface area contributed by atoms with Crippen molar-refractivity contribution in [2.24, 2.45) is 0 Å². The second kappa shape index (κ2) is 7.75. The maximum atomic E-state index is 10.8. The van der Waals surface area contributed by atoms with Crippen LogP contribution in [0.2, 0.25) is 0 Å². The summed E-state index contributed by atoms with van der Waals surface area (Å²) in [5.74, 6) is -0.826. The molecule has 0 unspecified atom stereocenters. The van der Waals surface area contributed by atoms with Crippen LogP contribution in [0.5, 0.6) is 0 Å². The van der Waals surface area contributed by atoms with Gasteiger partial charge in [-0.25, -0.2) is 0 Å². The molecule has 1 heterocycles. The van der Waals surface area contributed by atoms with Gasteiger partial charge in [-0.15, -0.1) is 0 Å². The third-order valence-electron chi connectivity index (χ3n) is 3.77. The van der Waals surface area contributed by atoms with Gasteiger partial charge >= 0.3 is 5.97 Å². The molecule has 4 heteroatoms. The summed E-state index contributed by atoms with van der Waals surface area (Å²) < 4.78 is 17.0. The van der Waals surface area contributed by atoms with Crippen molar-refractivity contribution in [1.82, 2.24) is 0 Å². The molecule has 1 aromatic carbocycles. The van der Waals surface area contributed by atoms with Crippen molar-refractivity contribution in [1.29, 1.82) is 0 Å². The van der Waals surface area contributed by atoms with E-state index in [1.54, 1.807) is 0 Å². The molecule has 122 valence electrons. The first-order valence-corrected chi connectivity index (χ1v) is 7.97. The van der Waals surface area contributed by atoms with Crippen molar-refractivity contribution in [2.45, 2.75) is 64.4 Å². The van der Waals surface area contributed by atoms with Gasteiger partial charge in [-0.05, 0) is 32.3 Å². The number of carbonyl (C=O) groups excluding carboxylic acids is 1. The van der Waals surface area contributed by atoms with Crippen molar-refractivity contribution in [3.8, 4) is 0 Å². The van der Waals surface area contributed by atoms with Gasteiger partial charge in [0.2, 0.25) is 0 Å². The van der Waals surface area contributed by atoms with Crippen LogP contribution in [0.4, 0.5) is 0 Å². The van der Waals surface area contributed by atoms with Crippen LogP contribution in [0.1, 0.15) is 45.6 Å². The lowest BCUT2D eigenvalue weighted by molar-refractivity contribution is -0.301. The summed E-state index contributed by atoms with van der Waals surface area (Å²) in [5, 5.41) is 0. The van der Waals surface area contributed by atoms with Crippen LogP contribution in [0.3, 0.4) is 0 Å². The SMILES string of the molecule is CC(=O)OCC[C@H]1C[C@@H](CCc2ccccc2)OC(C)(C)O1. The van der Waals surface area contributed by atoms with E-state index in [4.69, 9.17) is 14.2 Å². The fraction of sp³-hybridized carbons (Fsp3) is 0.611. The van der Waals surface area contributed by atoms with Gasteiger partial charge in [0.15, 0.2) is 5.79 Å². The molecule has 1 saturated heterocycles. The molecule has 0 bridgehead atoms. The molecule has 0 aromatic heterocycles. The van der Waals surface area contributed by atoms with Crippen LogP contribution in [0.15, 0.2) is 30.3 Å². The lowest BCUT2D eigenvalue weighted by atomic mass is 9.99. The number of hydrogen-bond acceptors (Lipinski definition) is 4. The lowest BCUT2D eigenvalue weighted by Gasteiger charge is -2.41. The Hall–Kier alpha value is -1.39. The molecule has 1 fully saturated rings. The van der Waals surface area contributed by atoms with Crippen molar-refractivity contribution in [3.05, 3.63) is 35.9 Å². The molecule has 0 spiro atoms. The maximum absolute atomic E-state index is 10.8. The van der Waals surface area contributed by atoms with Gasteiger partial charge in [-0.2, -0.15) is 0 Å². The number of ether oxygens (including phenoxy) is 3. The minimum atomic E-state index is -0.583. The van der Waals surface area contributed by atoms with Crippen molar-refractivity contribution >= 4 is 5.97 Å². The average molecular weight is 306 g/mol. The highest BCUT2D eigenvalue weighted by Gasteiger charge is 2.35. The van der Waals surface area contributed by atoms with Crippen LogP contribution < -0.4 is 0 Å². The predicted molar refractivity (Wildman–Crippen MR) is 84.5 cm³/mol. The van der Waals surface area contributed by atoms with E-state index in [0.717, 1.165) is 19.3 Å². The highest BCUT2D eigenvalue weighted by molar-refractivity contribution is 5.65. The zero-order chi connectivity index (χ0) is 16.0. The normalized spacial score (nSPS) is 24.0. The van der Waals surface area contributed by atoms with Crippen molar-refractivity contribution in [2.75, 3.05) is 6.61 Å². The third kappa shape index (κ3) is 5.78. The molecular formula is C18H26O4. The summed E-state index contributed by atoms with van der Waals surface area (Å²) in [6, 6.07) is 10.4. The van der Waals surface area contributed by atoms with E-state index in [9.17, 15) is 4.79 Å². The minimum Gasteiger partial charge on any atom is -0.466 e. The molecule has 22 heavy (non-hydrogen) atoms. The highest BCUT2D eigenvalue weighted by Crippen LogP contribution is 2.30. The molecule has 0 N–H and O–H groups in total. The molecule has 0 aliphatic carbocycles. The van der Waals surface area contributed by atoms with Crippen molar-refractivity contribution in [3.63, 3.8) is 0 Å². The van der Waals surface area contributed by atoms with E-state index in [0.29, 0.717) is 13.0 Å². The molecule has 1 aliphatic heterocycles. The number of esters is 1. The minimum absolute atomic E-state index is 0.0730. The van der Waals surface area contributed by atoms with Gasteiger partial charge in [0.1, 0.15) is 0 Å². The van der Waals surface area contributed by atoms with Crippen LogP contribution in [-0.4, -0.2) is 30.6 Å². The Bertz CT molecular complexity index is 469. The Balaban J connectivity index is 1.83. The Morgan fingerprint density at radius 2 is 1.82 bits per heavy atom. The van der Waals surface area contributed by atoms with Crippen LogP contribution in [-0.2, 0) is 25.4 Å². The molecular weight excluding hydrogens is 280 g/mol. The quantitative estimate of drug-likeness (QED) is 0.755. The van der Waals surface area contributed by atoms with E-state index in [1.807, 2.05) is 19.9 Å². The maximum Gasteiger partial charge on any atom is 0.302 e. The second-order valence-electron chi connectivity index (χ2n) is 6.27. The van der Waals surface area contributed by atoms with E-state index in [1.165, 1.54) is 12.5 Å². The van der Waals surface area contributed by atoms with Gasteiger partial charge in [0.05, 0.1) is 18.8 Å².